The Labute approximate surface area is 143 Å². The van der Waals surface area contributed by atoms with Crippen LogP contribution in [0.25, 0.3) is 10.9 Å². The van der Waals surface area contributed by atoms with Gasteiger partial charge < -0.3 is 15.6 Å². The molecule has 2 aromatic rings. The molecule has 23 heavy (non-hydrogen) atoms. The van der Waals surface area contributed by atoms with Crippen molar-refractivity contribution in [3.05, 3.63) is 35.5 Å². The molecule has 2 rings (SSSR count). The van der Waals surface area contributed by atoms with Crippen molar-refractivity contribution >= 4 is 28.6 Å². The number of fused-ring (bicyclic) bond motifs is 1. The quantitative estimate of drug-likeness (QED) is 0.395. The summed E-state index contributed by atoms with van der Waals surface area (Å²) in [6.45, 7) is 6.91. The van der Waals surface area contributed by atoms with Gasteiger partial charge in [-0.3, -0.25) is 4.99 Å². The minimum atomic E-state index is 0.851. The molecule has 0 atom stereocenters. The van der Waals surface area contributed by atoms with E-state index in [-0.39, 0.29) is 0 Å². The molecule has 5 heteroatoms. The Morgan fingerprint density at radius 3 is 2.83 bits per heavy atom. The molecule has 1 heterocycles. The number of aromatic amines is 1. The monoisotopic (exact) mass is 332 g/mol. The van der Waals surface area contributed by atoms with Crippen LogP contribution in [0.2, 0.25) is 0 Å². The number of nitrogens with one attached hydrogen (secondary N) is 3. The average molecular weight is 333 g/mol. The number of hydrogen-bond acceptors (Lipinski definition) is 2. The summed E-state index contributed by atoms with van der Waals surface area (Å²) in [5.41, 5.74) is 4.03. The summed E-state index contributed by atoms with van der Waals surface area (Å²) in [7, 11) is 0. The van der Waals surface area contributed by atoms with Gasteiger partial charge in [0, 0.05) is 35.9 Å². The van der Waals surface area contributed by atoms with Gasteiger partial charge in [-0.25, -0.2) is 0 Å². The molecule has 1 aromatic carbocycles. The summed E-state index contributed by atoms with van der Waals surface area (Å²) in [5.74, 6) is 1.97. The van der Waals surface area contributed by atoms with Crippen LogP contribution in [0.3, 0.4) is 0 Å². The number of aliphatic imine (C=N–C) groups is 1. The van der Waals surface area contributed by atoms with Gasteiger partial charge in [-0.05, 0) is 37.1 Å². The zero-order valence-corrected chi connectivity index (χ0v) is 15.2. The maximum atomic E-state index is 4.58. The van der Waals surface area contributed by atoms with Crippen LogP contribution in [0.1, 0.15) is 25.0 Å². The Kier molecular flexibility index (Phi) is 7.33. The zero-order valence-electron chi connectivity index (χ0n) is 14.4. The first kappa shape index (κ1) is 17.7. The molecule has 0 aliphatic heterocycles. The van der Waals surface area contributed by atoms with Crippen LogP contribution in [0.4, 0.5) is 0 Å². The minimum absolute atomic E-state index is 0.851. The standard InChI is InChI=1S/C18H28N4S/c1-4-14-7-6-8-16-15(13-22-17(14)16)9-10-20-18(19-5-2)21-11-12-23-3/h6-8,13,22H,4-5,9-12H2,1-3H3,(H2,19,20,21). The van der Waals surface area contributed by atoms with Crippen LogP contribution >= 0.6 is 11.8 Å². The number of benzene rings is 1. The van der Waals surface area contributed by atoms with Crippen molar-refractivity contribution in [1.82, 2.24) is 15.6 Å². The van der Waals surface area contributed by atoms with E-state index in [1.54, 1.807) is 0 Å². The molecule has 0 bridgehead atoms. The lowest BCUT2D eigenvalue weighted by molar-refractivity contribution is 0.806. The van der Waals surface area contributed by atoms with E-state index in [2.05, 4.69) is 65.1 Å². The SMILES string of the molecule is CCNC(=NCCSC)NCCc1c[nH]c2c(CC)cccc12. The second kappa shape index (κ2) is 9.50. The summed E-state index contributed by atoms with van der Waals surface area (Å²) in [6.07, 6.45) is 6.29. The van der Waals surface area contributed by atoms with E-state index in [4.69, 9.17) is 0 Å². The van der Waals surface area contributed by atoms with E-state index in [1.165, 1.54) is 22.0 Å². The average Bonchev–Trinajstić information content (AvgIpc) is 2.98. The number of H-pyrrole nitrogens is 1. The largest absolute Gasteiger partial charge is 0.361 e. The van der Waals surface area contributed by atoms with Gasteiger partial charge in [0.25, 0.3) is 0 Å². The van der Waals surface area contributed by atoms with Gasteiger partial charge in [0.15, 0.2) is 5.96 Å². The van der Waals surface area contributed by atoms with Crippen molar-refractivity contribution in [3.63, 3.8) is 0 Å². The number of rotatable bonds is 8. The van der Waals surface area contributed by atoms with Crippen molar-refractivity contribution in [1.29, 1.82) is 0 Å². The lowest BCUT2D eigenvalue weighted by Crippen LogP contribution is -2.38. The third kappa shape index (κ3) is 4.93. The van der Waals surface area contributed by atoms with Crippen LogP contribution in [0, 0.1) is 0 Å². The molecule has 0 radical (unpaired) electrons. The first-order chi connectivity index (χ1) is 11.3. The van der Waals surface area contributed by atoms with Gasteiger partial charge in [-0.1, -0.05) is 25.1 Å². The third-order valence-corrected chi connectivity index (χ3v) is 4.46. The highest BCUT2D eigenvalue weighted by atomic mass is 32.2. The number of thioether (sulfide) groups is 1. The summed E-state index contributed by atoms with van der Waals surface area (Å²) in [6, 6.07) is 6.56. The number of hydrogen-bond donors (Lipinski definition) is 3. The zero-order chi connectivity index (χ0) is 16.5. The van der Waals surface area contributed by atoms with E-state index < -0.39 is 0 Å². The molecule has 0 amide bonds. The van der Waals surface area contributed by atoms with Crippen molar-refractivity contribution in [3.8, 4) is 0 Å². The maximum Gasteiger partial charge on any atom is 0.191 e. The predicted octanol–water partition coefficient (Wildman–Crippen LogP) is 3.19. The van der Waals surface area contributed by atoms with Gasteiger partial charge in [0.2, 0.25) is 0 Å². The van der Waals surface area contributed by atoms with E-state index >= 15 is 0 Å². The molecule has 4 nitrogen and oxygen atoms in total. The van der Waals surface area contributed by atoms with Gasteiger partial charge in [0.1, 0.15) is 0 Å². The maximum absolute atomic E-state index is 4.58. The molecule has 3 N–H and O–H groups in total. The van der Waals surface area contributed by atoms with Crippen molar-refractivity contribution in [2.75, 3.05) is 31.6 Å². The van der Waals surface area contributed by atoms with Crippen LogP contribution in [-0.2, 0) is 12.8 Å². The molecule has 0 saturated carbocycles. The lowest BCUT2D eigenvalue weighted by Gasteiger charge is -2.11. The summed E-state index contributed by atoms with van der Waals surface area (Å²) >= 11 is 1.82. The lowest BCUT2D eigenvalue weighted by atomic mass is 10.1. The fourth-order valence-corrected chi connectivity index (χ4v) is 2.96. The topological polar surface area (TPSA) is 52.2 Å². The number of aryl methyl sites for hydroxylation is 1. The van der Waals surface area contributed by atoms with Gasteiger partial charge >= 0.3 is 0 Å². The molecule has 0 aliphatic carbocycles. The van der Waals surface area contributed by atoms with E-state index in [9.17, 15) is 0 Å². The molecule has 126 valence electrons. The fraction of sp³-hybridized carbons (Fsp3) is 0.500. The van der Waals surface area contributed by atoms with Crippen LogP contribution in [0.15, 0.2) is 29.4 Å². The number of guanidine groups is 1. The first-order valence-electron chi connectivity index (χ1n) is 8.39. The van der Waals surface area contributed by atoms with Crippen LogP contribution in [0.5, 0.6) is 0 Å². The predicted molar refractivity (Wildman–Crippen MR) is 104 cm³/mol. The Balaban J connectivity index is 1.96. The molecular formula is C18H28N4S. The summed E-state index contributed by atoms with van der Waals surface area (Å²) < 4.78 is 0. The molecule has 0 fully saturated rings. The molecule has 1 aromatic heterocycles. The second-order valence-electron chi connectivity index (χ2n) is 5.44. The Morgan fingerprint density at radius 2 is 2.09 bits per heavy atom. The van der Waals surface area contributed by atoms with Crippen molar-refractivity contribution < 1.29 is 0 Å². The molecule has 0 unspecified atom stereocenters. The highest BCUT2D eigenvalue weighted by Crippen LogP contribution is 2.22. The summed E-state index contributed by atoms with van der Waals surface area (Å²) in [4.78, 5) is 8.01. The van der Waals surface area contributed by atoms with Crippen molar-refractivity contribution in [2.24, 2.45) is 4.99 Å². The third-order valence-electron chi connectivity index (χ3n) is 3.86. The smallest absolute Gasteiger partial charge is 0.191 e. The van der Waals surface area contributed by atoms with Crippen LogP contribution < -0.4 is 10.6 Å². The molecular weight excluding hydrogens is 304 g/mol. The highest BCUT2D eigenvalue weighted by molar-refractivity contribution is 7.98. The Hall–Kier alpha value is -1.62. The number of nitrogens with zero attached hydrogens (tertiary/aromatic N) is 1. The van der Waals surface area contributed by atoms with Gasteiger partial charge in [0.05, 0.1) is 6.54 Å². The van der Waals surface area contributed by atoms with E-state index in [0.717, 1.165) is 44.2 Å². The molecule has 0 saturated heterocycles. The molecule has 0 spiro atoms. The minimum Gasteiger partial charge on any atom is -0.361 e. The second-order valence-corrected chi connectivity index (χ2v) is 6.42. The van der Waals surface area contributed by atoms with Gasteiger partial charge in [-0.15, -0.1) is 0 Å². The Morgan fingerprint density at radius 1 is 1.22 bits per heavy atom. The summed E-state index contributed by atoms with van der Waals surface area (Å²) in [5, 5.41) is 8.07. The Bertz CT molecular complexity index is 633. The van der Waals surface area contributed by atoms with Crippen LogP contribution in [-0.4, -0.2) is 42.6 Å². The van der Waals surface area contributed by atoms with Gasteiger partial charge in [-0.2, -0.15) is 11.8 Å². The number of aromatic nitrogens is 1. The normalized spacial score (nSPS) is 11.9. The van der Waals surface area contributed by atoms with E-state index in [1.807, 2.05) is 11.8 Å². The van der Waals surface area contributed by atoms with Crippen molar-refractivity contribution in [2.45, 2.75) is 26.7 Å². The molecule has 0 aliphatic rings. The van der Waals surface area contributed by atoms with E-state index in [0.29, 0.717) is 0 Å². The first-order valence-corrected chi connectivity index (χ1v) is 9.78. The highest BCUT2D eigenvalue weighted by Gasteiger charge is 2.06. The fourth-order valence-electron chi connectivity index (χ4n) is 2.68. The number of para-hydroxylation sites is 1.